The summed E-state index contributed by atoms with van der Waals surface area (Å²) >= 11 is 0. The molecule has 2 N–H and O–H groups in total. The van der Waals surface area contributed by atoms with Gasteiger partial charge in [0.15, 0.2) is 0 Å². The fourth-order valence-electron chi connectivity index (χ4n) is 3.54. The first-order valence-electron chi connectivity index (χ1n) is 9.44. The van der Waals surface area contributed by atoms with Gasteiger partial charge in [-0.1, -0.05) is 20.8 Å². The molecule has 0 aliphatic carbocycles. The number of pyridine rings is 1. The lowest BCUT2D eigenvalue weighted by molar-refractivity contribution is -0.136. The highest BCUT2D eigenvalue weighted by molar-refractivity contribution is 7.89. The molecule has 2 heterocycles. The molecule has 2 atom stereocenters. The minimum absolute atomic E-state index is 0.0150. The number of sulfonamides is 1. The molecule has 0 aromatic carbocycles. The van der Waals surface area contributed by atoms with Gasteiger partial charge in [0.05, 0.1) is 4.90 Å². The first-order valence-corrected chi connectivity index (χ1v) is 10.9. The van der Waals surface area contributed by atoms with Crippen molar-refractivity contribution in [2.24, 2.45) is 11.7 Å². The van der Waals surface area contributed by atoms with Gasteiger partial charge in [-0.25, -0.2) is 8.42 Å². The number of nitrogens with zero attached hydrogens (tertiary/aromatic N) is 3. The minimum Gasteiger partial charge on any atom is -0.337 e. The van der Waals surface area contributed by atoms with Crippen LogP contribution in [0.15, 0.2) is 28.0 Å². The Labute approximate surface area is 161 Å². The Morgan fingerprint density at radius 2 is 1.96 bits per heavy atom. The second-order valence-corrected chi connectivity index (χ2v) is 8.96. The van der Waals surface area contributed by atoms with Gasteiger partial charge in [0.25, 0.3) is 5.56 Å². The molecule has 0 radical (unpaired) electrons. The smallest absolute Gasteiger partial charge is 0.251 e. The average molecular weight is 399 g/mol. The molecule has 152 valence electrons. The highest BCUT2D eigenvalue weighted by Gasteiger charge is 2.29. The minimum atomic E-state index is -3.70. The molecule has 1 aliphatic heterocycles. The van der Waals surface area contributed by atoms with E-state index in [4.69, 9.17) is 5.73 Å². The van der Waals surface area contributed by atoms with Crippen LogP contribution in [0.3, 0.4) is 0 Å². The van der Waals surface area contributed by atoms with Gasteiger partial charge < -0.3 is 15.2 Å². The van der Waals surface area contributed by atoms with Crippen LogP contribution < -0.4 is 11.3 Å². The van der Waals surface area contributed by atoms with Crippen LogP contribution in [0.1, 0.15) is 33.6 Å². The third-order valence-electron chi connectivity index (χ3n) is 5.18. The number of likely N-dealkylation sites (tertiary alicyclic amines) is 1. The third kappa shape index (κ3) is 4.77. The molecule has 9 heteroatoms. The van der Waals surface area contributed by atoms with Crippen molar-refractivity contribution < 1.29 is 13.2 Å². The van der Waals surface area contributed by atoms with Crippen LogP contribution in [0.5, 0.6) is 0 Å². The third-order valence-corrected chi connectivity index (χ3v) is 7.21. The number of carbonyl (C=O) groups is 1. The lowest BCUT2D eigenvalue weighted by Gasteiger charge is -2.38. The number of nitrogens with two attached hydrogens (primary N) is 1. The van der Waals surface area contributed by atoms with Gasteiger partial charge in [0.1, 0.15) is 6.54 Å². The number of amides is 1. The second kappa shape index (κ2) is 8.99. The molecular weight excluding hydrogens is 368 g/mol. The van der Waals surface area contributed by atoms with Gasteiger partial charge in [0.2, 0.25) is 15.9 Å². The molecule has 8 nitrogen and oxygen atoms in total. The molecule has 0 spiro atoms. The van der Waals surface area contributed by atoms with E-state index in [2.05, 4.69) is 6.92 Å². The largest absolute Gasteiger partial charge is 0.337 e. The molecule has 1 saturated heterocycles. The molecule has 2 rings (SSSR count). The maximum absolute atomic E-state index is 12.8. The van der Waals surface area contributed by atoms with Crippen molar-refractivity contribution in [1.82, 2.24) is 13.8 Å². The second-order valence-electron chi connectivity index (χ2n) is 7.03. The molecule has 1 aliphatic rings. The van der Waals surface area contributed by atoms with Crippen LogP contribution in [0.2, 0.25) is 0 Å². The Morgan fingerprint density at radius 1 is 1.30 bits per heavy atom. The molecular formula is C18H30N4O4S. The van der Waals surface area contributed by atoms with Crippen LogP contribution in [-0.4, -0.2) is 60.3 Å². The topological polar surface area (TPSA) is 106 Å². The molecule has 0 bridgehead atoms. The highest BCUT2D eigenvalue weighted by Crippen LogP contribution is 2.22. The molecule has 1 fully saturated rings. The van der Waals surface area contributed by atoms with E-state index in [0.717, 1.165) is 12.8 Å². The van der Waals surface area contributed by atoms with Crippen molar-refractivity contribution in [2.45, 2.75) is 51.1 Å². The summed E-state index contributed by atoms with van der Waals surface area (Å²) in [7, 11) is -3.70. The SMILES string of the molecule is CCN(CC)S(=O)(=O)c1ccc(=O)n(CC(=O)N2CCC(C)CC2CN)c1. The van der Waals surface area contributed by atoms with Crippen molar-refractivity contribution in [3.05, 3.63) is 28.7 Å². The number of rotatable bonds is 7. The lowest BCUT2D eigenvalue weighted by Crippen LogP contribution is -2.50. The predicted octanol–water partition coefficient (Wildman–Crippen LogP) is 0.465. The van der Waals surface area contributed by atoms with Gasteiger partial charge in [-0.3, -0.25) is 9.59 Å². The fourth-order valence-corrected chi connectivity index (χ4v) is 5.02. The Morgan fingerprint density at radius 3 is 2.56 bits per heavy atom. The van der Waals surface area contributed by atoms with Gasteiger partial charge in [-0.2, -0.15) is 4.31 Å². The number of hydrogen-bond donors (Lipinski definition) is 1. The van der Waals surface area contributed by atoms with Crippen LogP contribution >= 0.6 is 0 Å². The molecule has 2 unspecified atom stereocenters. The summed E-state index contributed by atoms with van der Waals surface area (Å²) in [6.45, 7) is 7.11. The van der Waals surface area contributed by atoms with E-state index >= 15 is 0 Å². The van der Waals surface area contributed by atoms with Crippen LogP contribution in [0, 0.1) is 5.92 Å². The lowest BCUT2D eigenvalue weighted by atomic mass is 9.92. The Balaban J connectivity index is 2.26. The first kappa shape index (κ1) is 21.6. The highest BCUT2D eigenvalue weighted by atomic mass is 32.2. The van der Waals surface area contributed by atoms with E-state index in [1.54, 1.807) is 18.7 Å². The quantitative estimate of drug-likeness (QED) is 0.718. The Kier molecular flexibility index (Phi) is 7.19. The van der Waals surface area contributed by atoms with E-state index in [9.17, 15) is 18.0 Å². The normalized spacial score (nSPS) is 20.9. The zero-order valence-corrected chi connectivity index (χ0v) is 17.1. The molecule has 1 amide bonds. The van der Waals surface area contributed by atoms with Crippen molar-refractivity contribution in [1.29, 1.82) is 0 Å². The summed E-state index contributed by atoms with van der Waals surface area (Å²) in [5.41, 5.74) is 5.41. The van der Waals surface area contributed by atoms with E-state index in [1.165, 1.54) is 27.2 Å². The van der Waals surface area contributed by atoms with Gasteiger partial charge in [0, 0.05) is 44.5 Å². The summed E-state index contributed by atoms with van der Waals surface area (Å²) in [5, 5.41) is 0. The van der Waals surface area contributed by atoms with Crippen molar-refractivity contribution in [3.63, 3.8) is 0 Å². The number of piperidine rings is 1. The zero-order chi connectivity index (χ0) is 20.2. The Hall–Kier alpha value is -1.71. The summed E-state index contributed by atoms with van der Waals surface area (Å²) in [5.74, 6) is 0.296. The van der Waals surface area contributed by atoms with E-state index in [1.807, 2.05) is 0 Å². The maximum Gasteiger partial charge on any atom is 0.251 e. The summed E-state index contributed by atoms with van der Waals surface area (Å²) < 4.78 is 27.8. The van der Waals surface area contributed by atoms with Crippen molar-refractivity contribution >= 4 is 15.9 Å². The van der Waals surface area contributed by atoms with Crippen molar-refractivity contribution in [2.75, 3.05) is 26.2 Å². The zero-order valence-electron chi connectivity index (χ0n) is 16.3. The number of aromatic nitrogens is 1. The number of carbonyl (C=O) groups excluding carboxylic acids is 1. The fraction of sp³-hybridized carbons (Fsp3) is 0.667. The first-order chi connectivity index (χ1) is 12.7. The van der Waals surface area contributed by atoms with Gasteiger partial charge >= 0.3 is 0 Å². The van der Waals surface area contributed by atoms with E-state index in [0.29, 0.717) is 32.1 Å². The average Bonchev–Trinajstić information content (AvgIpc) is 2.63. The number of hydrogen-bond acceptors (Lipinski definition) is 5. The van der Waals surface area contributed by atoms with Gasteiger partial charge in [-0.15, -0.1) is 0 Å². The standard InChI is InChI=1S/C18H30N4O4S/c1-4-21(5-2)27(25,26)16-6-7-17(23)20(12-16)13-18(24)22-9-8-14(3)10-15(22)11-19/h6-7,12,14-15H,4-5,8-11,13,19H2,1-3H3. The van der Waals surface area contributed by atoms with Crippen molar-refractivity contribution in [3.8, 4) is 0 Å². The predicted molar refractivity (Wildman–Crippen MR) is 104 cm³/mol. The monoisotopic (exact) mass is 398 g/mol. The summed E-state index contributed by atoms with van der Waals surface area (Å²) in [6.07, 6.45) is 3.00. The maximum atomic E-state index is 12.8. The Bertz CT molecular complexity index is 817. The molecule has 0 saturated carbocycles. The van der Waals surface area contributed by atoms with Gasteiger partial charge in [-0.05, 0) is 24.8 Å². The van der Waals surface area contributed by atoms with Crippen LogP contribution in [0.25, 0.3) is 0 Å². The molecule has 1 aromatic heterocycles. The molecule has 1 aromatic rings. The molecule has 27 heavy (non-hydrogen) atoms. The van der Waals surface area contributed by atoms with E-state index < -0.39 is 15.6 Å². The van der Waals surface area contributed by atoms with Crippen LogP contribution in [-0.2, 0) is 21.4 Å². The summed E-state index contributed by atoms with van der Waals surface area (Å²) in [4.78, 5) is 26.7. The van der Waals surface area contributed by atoms with Crippen LogP contribution in [0.4, 0.5) is 0 Å². The van der Waals surface area contributed by atoms with E-state index in [-0.39, 0.29) is 23.4 Å². The summed E-state index contributed by atoms with van der Waals surface area (Å²) in [6, 6.07) is 2.45.